The molecule has 1 saturated carbocycles. The number of nitrogens with two attached hydrogens (primary N) is 1. The van der Waals surface area contributed by atoms with Crippen LogP contribution in [0.3, 0.4) is 0 Å². The van der Waals surface area contributed by atoms with Gasteiger partial charge in [0, 0.05) is 10.7 Å². The summed E-state index contributed by atoms with van der Waals surface area (Å²) in [6.07, 6.45) is 3.60. The maximum absolute atomic E-state index is 6.17. The van der Waals surface area contributed by atoms with Crippen LogP contribution in [-0.4, -0.2) is 18.0 Å². The van der Waals surface area contributed by atoms with Crippen molar-refractivity contribution >= 4 is 23.2 Å². The van der Waals surface area contributed by atoms with Gasteiger partial charge in [0.05, 0.1) is 12.1 Å². The van der Waals surface area contributed by atoms with Crippen molar-refractivity contribution in [3.63, 3.8) is 0 Å². The normalized spacial score (nSPS) is 29.0. The molecule has 1 unspecified atom stereocenters. The van der Waals surface area contributed by atoms with Gasteiger partial charge in [0.25, 0.3) is 0 Å². The molecule has 2 N–H and O–H groups in total. The number of halogens is 1. The molecular weight excluding hydrogens is 258 g/mol. The van der Waals surface area contributed by atoms with Crippen molar-refractivity contribution in [1.82, 2.24) is 0 Å². The Kier molecular flexibility index (Phi) is 2.79. The van der Waals surface area contributed by atoms with E-state index in [1.165, 1.54) is 12.8 Å². The zero-order chi connectivity index (χ0) is 13.7. The third kappa shape index (κ3) is 1.75. The number of aliphatic imine (C=N–C) groups is 1. The maximum atomic E-state index is 6.17. The van der Waals surface area contributed by atoms with Crippen LogP contribution in [0.5, 0.6) is 0 Å². The standard InChI is InChI=1S/C15H20ClN3/c1-14(2)8-3-9-15(14)10-18-13(17)19(15)12-6-4-11(16)5-7-12/h4-7H,3,8-10H2,1-2H3,(H2,17,18). The van der Waals surface area contributed by atoms with Crippen molar-refractivity contribution in [2.24, 2.45) is 16.1 Å². The number of hydrogen-bond donors (Lipinski definition) is 1. The number of rotatable bonds is 1. The highest BCUT2D eigenvalue weighted by atomic mass is 35.5. The molecule has 1 aromatic rings. The largest absolute Gasteiger partial charge is 0.369 e. The van der Waals surface area contributed by atoms with Crippen LogP contribution in [0.25, 0.3) is 0 Å². The van der Waals surface area contributed by atoms with Crippen LogP contribution in [0.4, 0.5) is 5.69 Å². The summed E-state index contributed by atoms with van der Waals surface area (Å²) >= 11 is 5.98. The summed E-state index contributed by atoms with van der Waals surface area (Å²) in [7, 11) is 0. The van der Waals surface area contributed by atoms with Crippen molar-refractivity contribution in [1.29, 1.82) is 0 Å². The quantitative estimate of drug-likeness (QED) is 0.854. The molecule has 0 saturated heterocycles. The molecule has 4 heteroatoms. The molecule has 1 aliphatic carbocycles. The van der Waals surface area contributed by atoms with Crippen LogP contribution in [0.1, 0.15) is 33.1 Å². The smallest absolute Gasteiger partial charge is 0.196 e. The van der Waals surface area contributed by atoms with Crippen LogP contribution in [0.2, 0.25) is 5.02 Å². The van der Waals surface area contributed by atoms with E-state index in [4.69, 9.17) is 17.3 Å². The van der Waals surface area contributed by atoms with Gasteiger partial charge in [-0.05, 0) is 42.5 Å². The highest BCUT2D eigenvalue weighted by Gasteiger charge is 2.56. The molecule has 0 amide bonds. The van der Waals surface area contributed by atoms with Gasteiger partial charge in [-0.2, -0.15) is 0 Å². The first-order chi connectivity index (χ1) is 8.96. The lowest BCUT2D eigenvalue weighted by molar-refractivity contribution is 0.227. The lowest BCUT2D eigenvalue weighted by Crippen LogP contribution is -2.57. The average molecular weight is 278 g/mol. The van der Waals surface area contributed by atoms with Crippen molar-refractivity contribution in [2.45, 2.75) is 38.6 Å². The van der Waals surface area contributed by atoms with Gasteiger partial charge in [-0.25, -0.2) is 0 Å². The number of benzene rings is 1. The molecule has 1 aromatic carbocycles. The molecule has 3 rings (SSSR count). The van der Waals surface area contributed by atoms with Crippen LogP contribution >= 0.6 is 11.6 Å². The summed E-state index contributed by atoms with van der Waals surface area (Å²) < 4.78 is 0. The van der Waals surface area contributed by atoms with E-state index in [2.05, 4.69) is 23.7 Å². The van der Waals surface area contributed by atoms with E-state index in [9.17, 15) is 0 Å². The lowest BCUT2D eigenvalue weighted by atomic mass is 9.74. The second kappa shape index (κ2) is 4.14. The Morgan fingerprint density at radius 1 is 1.21 bits per heavy atom. The fourth-order valence-corrected chi connectivity index (χ4v) is 3.77. The second-order valence-corrected chi connectivity index (χ2v) is 6.69. The molecule has 0 aromatic heterocycles. The first kappa shape index (κ1) is 12.8. The molecule has 0 bridgehead atoms. The third-order valence-corrected chi connectivity index (χ3v) is 5.15. The first-order valence-electron chi connectivity index (χ1n) is 6.82. The zero-order valence-electron chi connectivity index (χ0n) is 11.5. The molecule has 1 atom stereocenters. The van der Waals surface area contributed by atoms with Crippen LogP contribution < -0.4 is 10.6 Å². The van der Waals surface area contributed by atoms with Crippen LogP contribution in [-0.2, 0) is 0 Å². The van der Waals surface area contributed by atoms with Gasteiger partial charge in [-0.1, -0.05) is 31.9 Å². The van der Waals surface area contributed by atoms with E-state index < -0.39 is 0 Å². The fourth-order valence-electron chi connectivity index (χ4n) is 3.64. The van der Waals surface area contributed by atoms with Gasteiger partial charge in [0.2, 0.25) is 0 Å². The number of anilines is 1. The zero-order valence-corrected chi connectivity index (χ0v) is 12.2. The van der Waals surface area contributed by atoms with Crippen molar-refractivity contribution < 1.29 is 0 Å². The number of hydrogen-bond acceptors (Lipinski definition) is 3. The molecule has 102 valence electrons. The Hall–Kier alpha value is -1.22. The van der Waals surface area contributed by atoms with E-state index in [1.807, 2.05) is 24.3 Å². The Morgan fingerprint density at radius 3 is 2.47 bits per heavy atom. The highest BCUT2D eigenvalue weighted by Crippen LogP contribution is 2.52. The third-order valence-electron chi connectivity index (χ3n) is 4.90. The Labute approximate surface area is 119 Å². The predicted octanol–water partition coefficient (Wildman–Crippen LogP) is 3.42. The topological polar surface area (TPSA) is 41.6 Å². The summed E-state index contributed by atoms with van der Waals surface area (Å²) in [5.41, 5.74) is 7.52. The van der Waals surface area contributed by atoms with Crippen molar-refractivity contribution in [3.05, 3.63) is 29.3 Å². The summed E-state index contributed by atoms with van der Waals surface area (Å²) in [5.74, 6) is 0.636. The summed E-state index contributed by atoms with van der Waals surface area (Å²) in [4.78, 5) is 6.77. The molecule has 1 spiro atoms. The molecule has 3 nitrogen and oxygen atoms in total. The second-order valence-electron chi connectivity index (χ2n) is 6.26. The summed E-state index contributed by atoms with van der Waals surface area (Å²) in [6.45, 7) is 5.46. The monoisotopic (exact) mass is 277 g/mol. The van der Waals surface area contributed by atoms with Gasteiger partial charge in [0.15, 0.2) is 5.96 Å². The molecule has 2 aliphatic rings. The van der Waals surface area contributed by atoms with E-state index in [1.54, 1.807) is 0 Å². The molecule has 1 heterocycles. The molecule has 0 radical (unpaired) electrons. The van der Waals surface area contributed by atoms with Crippen molar-refractivity contribution in [2.75, 3.05) is 11.4 Å². The Balaban J connectivity index is 2.06. The van der Waals surface area contributed by atoms with Gasteiger partial charge < -0.3 is 10.6 Å². The van der Waals surface area contributed by atoms with E-state index in [-0.39, 0.29) is 11.0 Å². The summed E-state index contributed by atoms with van der Waals surface area (Å²) in [6, 6.07) is 7.90. The Morgan fingerprint density at radius 2 is 1.89 bits per heavy atom. The van der Waals surface area contributed by atoms with Gasteiger partial charge in [-0.3, -0.25) is 4.99 Å². The molecule has 1 fully saturated rings. The minimum absolute atomic E-state index is 0.0327. The van der Waals surface area contributed by atoms with E-state index in [0.29, 0.717) is 5.96 Å². The lowest BCUT2D eigenvalue weighted by Gasteiger charge is -2.45. The number of nitrogens with zero attached hydrogens (tertiary/aromatic N) is 2. The minimum Gasteiger partial charge on any atom is -0.369 e. The van der Waals surface area contributed by atoms with Gasteiger partial charge in [0.1, 0.15) is 0 Å². The molecule has 19 heavy (non-hydrogen) atoms. The predicted molar refractivity (Wildman–Crippen MR) is 80.8 cm³/mol. The van der Waals surface area contributed by atoms with E-state index in [0.717, 1.165) is 23.7 Å². The minimum atomic E-state index is 0.0327. The van der Waals surface area contributed by atoms with Crippen molar-refractivity contribution in [3.8, 4) is 0 Å². The van der Waals surface area contributed by atoms with E-state index >= 15 is 0 Å². The van der Waals surface area contributed by atoms with Crippen LogP contribution in [0, 0.1) is 5.41 Å². The Bertz CT molecular complexity index is 521. The maximum Gasteiger partial charge on any atom is 0.196 e. The summed E-state index contributed by atoms with van der Waals surface area (Å²) in [5, 5.41) is 0.748. The molecule has 1 aliphatic heterocycles. The SMILES string of the molecule is CC1(C)CCCC12CN=C(N)N2c1ccc(Cl)cc1. The average Bonchev–Trinajstić information content (AvgIpc) is 2.84. The van der Waals surface area contributed by atoms with Gasteiger partial charge >= 0.3 is 0 Å². The fraction of sp³-hybridized carbons (Fsp3) is 0.533. The highest BCUT2D eigenvalue weighted by molar-refractivity contribution is 6.30. The number of guanidine groups is 1. The molecular formula is C15H20ClN3. The van der Waals surface area contributed by atoms with Gasteiger partial charge in [-0.15, -0.1) is 0 Å². The first-order valence-corrected chi connectivity index (χ1v) is 7.20. The van der Waals surface area contributed by atoms with Crippen LogP contribution in [0.15, 0.2) is 29.3 Å².